The summed E-state index contributed by atoms with van der Waals surface area (Å²) in [5.41, 5.74) is 3.93. The third-order valence-corrected chi connectivity index (χ3v) is 4.12. The van der Waals surface area contributed by atoms with Gasteiger partial charge in [0.2, 0.25) is 0 Å². The summed E-state index contributed by atoms with van der Waals surface area (Å²) in [5, 5.41) is 10.3. The summed E-state index contributed by atoms with van der Waals surface area (Å²) in [6.07, 6.45) is 2.73. The van der Waals surface area contributed by atoms with Gasteiger partial charge in [-0.05, 0) is 5.56 Å². The molecule has 3 atom stereocenters. The highest BCUT2D eigenvalue weighted by atomic mass is 16.3. The van der Waals surface area contributed by atoms with Gasteiger partial charge in [0.25, 0.3) is 0 Å². The van der Waals surface area contributed by atoms with Gasteiger partial charge in [0, 0.05) is 24.1 Å². The zero-order valence-corrected chi connectivity index (χ0v) is 9.45. The standard InChI is InChI=1S/C15H14NO/c17-14-9-13-10-5-1-2-6-11(10)15(14)12-7-3-4-8-16(12)13/h1-8,13-15,17H,9H2/q+1/t13-,14-,15+/m1/s1. The van der Waals surface area contributed by atoms with Crippen molar-refractivity contribution in [1.29, 1.82) is 0 Å². The van der Waals surface area contributed by atoms with Crippen molar-refractivity contribution < 1.29 is 9.67 Å². The van der Waals surface area contributed by atoms with Gasteiger partial charge >= 0.3 is 0 Å². The van der Waals surface area contributed by atoms with Gasteiger partial charge in [-0.25, -0.2) is 0 Å². The van der Waals surface area contributed by atoms with E-state index in [-0.39, 0.29) is 12.0 Å². The van der Waals surface area contributed by atoms with E-state index in [2.05, 4.69) is 53.2 Å². The highest BCUT2D eigenvalue weighted by molar-refractivity contribution is 5.41. The first-order valence-electron chi connectivity index (χ1n) is 6.13. The summed E-state index contributed by atoms with van der Waals surface area (Å²) in [6.45, 7) is 0. The first-order valence-corrected chi connectivity index (χ1v) is 6.13. The van der Waals surface area contributed by atoms with E-state index >= 15 is 0 Å². The molecule has 0 saturated carbocycles. The van der Waals surface area contributed by atoms with Crippen LogP contribution in [-0.2, 0) is 0 Å². The second-order valence-corrected chi connectivity index (χ2v) is 4.96. The highest BCUT2D eigenvalue weighted by Gasteiger charge is 2.48. The summed E-state index contributed by atoms with van der Waals surface area (Å²) in [7, 11) is 0. The number of aliphatic hydroxyl groups is 1. The van der Waals surface area contributed by atoms with E-state index in [1.54, 1.807) is 0 Å². The van der Waals surface area contributed by atoms with E-state index in [1.807, 2.05) is 0 Å². The fourth-order valence-corrected chi connectivity index (χ4v) is 3.43. The molecule has 0 spiro atoms. The van der Waals surface area contributed by atoms with Crippen LogP contribution in [0.4, 0.5) is 0 Å². The van der Waals surface area contributed by atoms with Crippen LogP contribution in [0.2, 0.25) is 0 Å². The monoisotopic (exact) mass is 224 g/mol. The van der Waals surface area contributed by atoms with Crippen molar-refractivity contribution in [3.8, 4) is 0 Å². The smallest absolute Gasteiger partial charge is 0.192 e. The number of aromatic nitrogens is 1. The Labute approximate surface area is 100 Å². The molecule has 3 aliphatic rings. The van der Waals surface area contributed by atoms with E-state index in [0.717, 1.165) is 6.42 Å². The molecule has 0 fully saturated rings. The minimum absolute atomic E-state index is 0.150. The Morgan fingerprint density at radius 2 is 1.76 bits per heavy atom. The van der Waals surface area contributed by atoms with Crippen LogP contribution in [0.5, 0.6) is 0 Å². The first kappa shape index (κ1) is 9.37. The molecule has 0 amide bonds. The molecule has 1 aliphatic carbocycles. The molecule has 2 nitrogen and oxygen atoms in total. The third-order valence-electron chi connectivity index (χ3n) is 4.12. The van der Waals surface area contributed by atoms with Crippen LogP contribution in [0, 0.1) is 0 Å². The van der Waals surface area contributed by atoms with E-state index in [1.165, 1.54) is 16.8 Å². The molecule has 3 heterocycles. The fraction of sp³-hybridized carbons (Fsp3) is 0.267. The molecule has 84 valence electrons. The Hall–Kier alpha value is -1.67. The Morgan fingerprint density at radius 3 is 2.65 bits per heavy atom. The van der Waals surface area contributed by atoms with E-state index in [9.17, 15) is 5.11 Å². The second kappa shape index (κ2) is 3.17. The quantitative estimate of drug-likeness (QED) is 0.678. The molecule has 0 radical (unpaired) electrons. The molecule has 1 N–H and O–H groups in total. The number of pyridine rings is 1. The van der Waals surface area contributed by atoms with Crippen molar-refractivity contribution in [2.45, 2.75) is 24.5 Å². The van der Waals surface area contributed by atoms with Crippen molar-refractivity contribution in [2.75, 3.05) is 0 Å². The lowest BCUT2D eigenvalue weighted by atomic mass is 9.72. The zero-order chi connectivity index (χ0) is 11.4. The molecular weight excluding hydrogens is 210 g/mol. The molecular formula is C15H14NO+. The predicted molar refractivity (Wildman–Crippen MR) is 63.7 cm³/mol. The van der Waals surface area contributed by atoms with Crippen LogP contribution in [-0.4, -0.2) is 11.2 Å². The van der Waals surface area contributed by atoms with Gasteiger partial charge in [-0.3, -0.25) is 0 Å². The predicted octanol–water partition coefficient (Wildman–Crippen LogP) is 1.77. The number of hydrogen-bond acceptors (Lipinski definition) is 1. The molecule has 5 rings (SSSR count). The van der Waals surface area contributed by atoms with Gasteiger partial charge in [0.1, 0.15) is 0 Å². The van der Waals surface area contributed by atoms with Crippen LogP contribution in [0.15, 0.2) is 48.7 Å². The molecule has 1 aromatic heterocycles. The van der Waals surface area contributed by atoms with Gasteiger partial charge in [0.15, 0.2) is 17.9 Å². The number of fused-ring (bicyclic) bond motifs is 1. The maximum absolute atomic E-state index is 10.3. The molecule has 17 heavy (non-hydrogen) atoms. The van der Waals surface area contributed by atoms with Gasteiger partial charge < -0.3 is 5.11 Å². The SMILES string of the molecule is O[C@@H]1C[C@@H]2c3ccccc3[C@H]1c1cccc[n+]12. The summed E-state index contributed by atoms with van der Waals surface area (Å²) < 4.78 is 2.32. The summed E-state index contributed by atoms with van der Waals surface area (Å²) >= 11 is 0. The molecule has 0 unspecified atom stereocenters. The minimum Gasteiger partial charge on any atom is -0.392 e. The maximum atomic E-state index is 10.3. The van der Waals surface area contributed by atoms with Gasteiger partial charge in [0.05, 0.1) is 12.0 Å². The molecule has 1 aromatic carbocycles. The topological polar surface area (TPSA) is 24.1 Å². The van der Waals surface area contributed by atoms with Crippen molar-refractivity contribution in [3.63, 3.8) is 0 Å². The minimum atomic E-state index is -0.239. The number of rotatable bonds is 0. The summed E-state index contributed by atoms with van der Waals surface area (Å²) in [5.74, 6) is 0.150. The zero-order valence-electron chi connectivity index (χ0n) is 9.45. The lowest BCUT2D eigenvalue weighted by molar-refractivity contribution is -0.732. The molecule has 2 aromatic rings. The van der Waals surface area contributed by atoms with Crippen molar-refractivity contribution >= 4 is 0 Å². The Bertz CT molecular complexity index is 545. The third kappa shape index (κ3) is 1.11. The van der Waals surface area contributed by atoms with Crippen molar-refractivity contribution in [2.24, 2.45) is 0 Å². The fourth-order valence-electron chi connectivity index (χ4n) is 3.43. The van der Waals surface area contributed by atoms with E-state index in [4.69, 9.17) is 0 Å². The normalized spacial score (nSPS) is 28.6. The van der Waals surface area contributed by atoms with Crippen LogP contribution in [0.25, 0.3) is 0 Å². The maximum Gasteiger partial charge on any atom is 0.192 e. The largest absolute Gasteiger partial charge is 0.392 e. The van der Waals surface area contributed by atoms with Gasteiger partial charge in [-0.15, -0.1) is 0 Å². The Kier molecular flexibility index (Phi) is 1.75. The molecule has 0 saturated heterocycles. The van der Waals surface area contributed by atoms with Gasteiger partial charge in [-0.2, -0.15) is 4.57 Å². The summed E-state index contributed by atoms with van der Waals surface area (Å²) in [4.78, 5) is 0. The van der Waals surface area contributed by atoms with E-state index in [0.29, 0.717) is 6.04 Å². The lowest BCUT2D eigenvalue weighted by Crippen LogP contribution is -2.55. The Morgan fingerprint density at radius 1 is 1.00 bits per heavy atom. The molecule has 2 bridgehead atoms. The van der Waals surface area contributed by atoms with Crippen LogP contribution in [0.3, 0.4) is 0 Å². The summed E-state index contributed by atoms with van der Waals surface area (Å²) in [6, 6.07) is 15.1. The first-order chi connectivity index (χ1) is 8.36. The molecule has 2 aliphatic heterocycles. The number of aliphatic hydroxyl groups excluding tert-OH is 1. The van der Waals surface area contributed by atoms with Gasteiger partial charge in [-0.1, -0.05) is 30.3 Å². The molecule has 2 heteroatoms. The number of benzene rings is 1. The average Bonchev–Trinajstić information content (AvgIpc) is 2.39. The van der Waals surface area contributed by atoms with Crippen LogP contribution >= 0.6 is 0 Å². The highest BCUT2D eigenvalue weighted by Crippen LogP contribution is 2.44. The average molecular weight is 224 g/mol. The van der Waals surface area contributed by atoms with Crippen LogP contribution in [0.1, 0.15) is 35.2 Å². The second-order valence-electron chi connectivity index (χ2n) is 4.96. The number of hydrogen-bond donors (Lipinski definition) is 1. The van der Waals surface area contributed by atoms with E-state index < -0.39 is 0 Å². The number of nitrogens with zero attached hydrogens (tertiary/aromatic N) is 1. The van der Waals surface area contributed by atoms with Crippen LogP contribution < -0.4 is 4.57 Å². The Balaban J connectivity index is 2.04. The van der Waals surface area contributed by atoms with Crippen molar-refractivity contribution in [3.05, 3.63) is 65.5 Å². The van der Waals surface area contributed by atoms with Crippen molar-refractivity contribution in [1.82, 2.24) is 0 Å². The lowest BCUT2D eigenvalue weighted by Gasteiger charge is -2.37.